The highest BCUT2D eigenvalue weighted by Gasteiger charge is 2.38. The zero-order valence-corrected chi connectivity index (χ0v) is 10.1. The number of nitrogens with one attached hydrogen (secondary N) is 1. The molecule has 1 aliphatic rings. The average molecular weight is 255 g/mol. The van der Waals surface area contributed by atoms with Crippen LogP contribution in [0.1, 0.15) is 29.6 Å². The molecular formula is C12H15ClN2O2. The van der Waals surface area contributed by atoms with Gasteiger partial charge in [-0.05, 0) is 37.5 Å². The molecule has 17 heavy (non-hydrogen) atoms. The van der Waals surface area contributed by atoms with Crippen LogP contribution in [0.5, 0.6) is 0 Å². The zero-order chi connectivity index (χ0) is 12.5. The number of aliphatic hydroxyl groups excluding tert-OH is 1. The van der Waals surface area contributed by atoms with Crippen molar-refractivity contribution in [3.05, 3.63) is 28.8 Å². The van der Waals surface area contributed by atoms with Gasteiger partial charge in [0.25, 0.3) is 5.91 Å². The van der Waals surface area contributed by atoms with Crippen molar-refractivity contribution in [1.82, 2.24) is 5.32 Å². The maximum absolute atomic E-state index is 12.0. The highest BCUT2D eigenvalue weighted by atomic mass is 35.5. The van der Waals surface area contributed by atoms with Crippen molar-refractivity contribution < 1.29 is 9.90 Å². The first-order valence-electron chi connectivity index (χ1n) is 5.55. The number of carbonyl (C=O) groups excluding carboxylic acids is 1. The van der Waals surface area contributed by atoms with E-state index < -0.39 is 5.54 Å². The molecule has 0 saturated heterocycles. The summed E-state index contributed by atoms with van der Waals surface area (Å²) in [5.41, 5.74) is 6.01. The molecule has 0 unspecified atom stereocenters. The number of benzene rings is 1. The molecule has 92 valence electrons. The summed E-state index contributed by atoms with van der Waals surface area (Å²) >= 11 is 5.83. The standard InChI is InChI=1S/C12H15ClN2O2/c13-8-2-3-10(14)9(6-8)11(17)15-12(7-16)4-1-5-12/h2-3,6,16H,1,4-5,7,14H2,(H,15,17). The molecule has 0 aliphatic heterocycles. The fourth-order valence-corrected chi connectivity index (χ4v) is 2.13. The molecule has 0 aromatic heterocycles. The van der Waals surface area contributed by atoms with E-state index in [1.54, 1.807) is 12.1 Å². The van der Waals surface area contributed by atoms with Crippen LogP contribution in [0.15, 0.2) is 18.2 Å². The number of halogens is 1. The fourth-order valence-electron chi connectivity index (χ4n) is 1.96. The summed E-state index contributed by atoms with van der Waals surface area (Å²) in [7, 11) is 0. The molecule has 1 aromatic rings. The second-order valence-corrected chi connectivity index (χ2v) is 4.91. The summed E-state index contributed by atoms with van der Waals surface area (Å²) in [4.78, 5) is 12.0. The van der Waals surface area contributed by atoms with Crippen LogP contribution in [0.3, 0.4) is 0 Å². The lowest BCUT2D eigenvalue weighted by atomic mass is 9.77. The van der Waals surface area contributed by atoms with E-state index >= 15 is 0 Å². The number of nitrogen functional groups attached to an aromatic ring is 1. The first kappa shape index (κ1) is 12.2. The summed E-state index contributed by atoms with van der Waals surface area (Å²) in [6, 6.07) is 4.78. The van der Waals surface area contributed by atoms with Gasteiger partial charge in [-0.3, -0.25) is 4.79 Å². The van der Waals surface area contributed by atoms with Gasteiger partial charge < -0.3 is 16.2 Å². The lowest BCUT2D eigenvalue weighted by Gasteiger charge is -2.41. The highest BCUT2D eigenvalue weighted by molar-refractivity contribution is 6.31. The molecule has 1 fully saturated rings. The van der Waals surface area contributed by atoms with Crippen molar-refractivity contribution in [3.8, 4) is 0 Å². The van der Waals surface area contributed by atoms with E-state index in [0.717, 1.165) is 19.3 Å². The third-order valence-electron chi connectivity index (χ3n) is 3.25. The van der Waals surface area contributed by atoms with Gasteiger partial charge >= 0.3 is 0 Å². The number of amides is 1. The average Bonchev–Trinajstić information content (AvgIpc) is 2.26. The minimum atomic E-state index is -0.466. The Morgan fingerprint density at radius 3 is 2.76 bits per heavy atom. The molecule has 0 spiro atoms. The van der Waals surface area contributed by atoms with Crippen LogP contribution in [0.25, 0.3) is 0 Å². The van der Waals surface area contributed by atoms with Crippen LogP contribution >= 0.6 is 11.6 Å². The van der Waals surface area contributed by atoms with Crippen LogP contribution < -0.4 is 11.1 Å². The molecule has 5 heteroatoms. The molecule has 0 atom stereocenters. The predicted octanol–water partition coefficient (Wildman–Crippen LogP) is 1.57. The Hall–Kier alpha value is -1.26. The van der Waals surface area contributed by atoms with Gasteiger partial charge in [-0.2, -0.15) is 0 Å². The first-order chi connectivity index (χ1) is 8.06. The van der Waals surface area contributed by atoms with Crippen LogP contribution in [-0.4, -0.2) is 23.2 Å². The second-order valence-electron chi connectivity index (χ2n) is 4.48. The Balaban J connectivity index is 2.17. The maximum Gasteiger partial charge on any atom is 0.253 e. The van der Waals surface area contributed by atoms with Crippen molar-refractivity contribution in [3.63, 3.8) is 0 Å². The highest BCUT2D eigenvalue weighted by Crippen LogP contribution is 2.32. The minimum absolute atomic E-state index is 0.0424. The normalized spacial score (nSPS) is 17.3. The minimum Gasteiger partial charge on any atom is -0.398 e. The third kappa shape index (κ3) is 2.37. The Bertz CT molecular complexity index is 439. The fraction of sp³-hybridized carbons (Fsp3) is 0.417. The summed E-state index contributed by atoms with van der Waals surface area (Å²) in [5.74, 6) is -0.279. The van der Waals surface area contributed by atoms with E-state index in [-0.39, 0.29) is 12.5 Å². The Morgan fingerprint density at radius 1 is 1.53 bits per heavy atom. The Labute approximate surface area is 105 Å². The van der Waals surface area contributed by atoms with Gasteiger partial charge in [-0.1, -0.05) is 11.6 Å². The molecule has 1 saturated carbocycles. The number of anilines is 1. The van der Waals surface area contributed by atoms with Crippen molar-refractivity contribution in [1.29, 1.82) is 0 Å². The number of hydrogen-bond donors (Lipinski definition) is 3. The second kappa shape index (κ2) is 4.55. The molecule has 2 rings (SSSR count). The molecule has 1 aliphatic carbocycles. The lowest BCUT2D eigenvalue weighted by molar-refractivity contribution is 0.0642. The van der Waals surface area contributed by atoms with Crippen LogP contribution in [-0.2, 0) is 0 Å². The molecule has 0 heterocycles. The number of aliphatic hydroxyl groups is 1. The van der Waals surface area contributed by atoms with Crippen LogP contribution in [0, 0.1) is 0 Å². The van der Waals surface area contributed by atoms with Gasteiger partial charge in [0, 0.05) is 10.7 Å². The van der Waals surface area contributed by atoms with Gasteiger partial charge in [0.2, 0.25) is 0 Å². The Morgan fingerprint density at radius 2 is 2.24 bits per heavy atom. The summed E-state index contributed by atoms with van der Waals surface area (Å²) < 4.78 is 0. The smallest absolute Gasteiger partial charge is 0.253 e. The SMILES string of the molecule is Nc1ccc(Cl)cc1C(=O)NC1(CO)CCC1. The Kier molecular flexibility index (Phi) is 3.26. The van der Waals surface area contributed by atoms with Gasteiger partial charge in [-0.25, -0.2) is 0 Å². The van der Waals surface area contributed by atoms with E-state index in [1.807, 2.05) is 0 Å². The van der Waals surface area contributed by atoms with Gasteiger partial charge in [0.15, 0.2) is 0 Å². The van der Waals surface area contributed by atoms with Crippen LogP contribution in [0.4, 0.5) is 5.69 Å². The molecule has 0 radical (unpaired) electrons. The van der Waals surface area contributed by atoms with E-state index in [4.69, 9.17) is 17.3 Å². The largest absolute Gasteiger partial charge is 0.398 e. The maximum atomic E-state index is 12.0. The lowest BCUT2D eigenvalue weighted by Crippen LogP contribution is -2.56. The summed E-state index contributed by atoms with van der Waals surface area (Å²) in [6.07, 6.45) is 2.62. The predicted molar refractivity (Wildman–Crippen MR) is 67.0 cm³/mol. The van der Waals surface area contributed by atoms with Crippen molar-refractivity contribution in [2.24, 2.45) is 0 Å². The van der Waals surface area contributed by atoms with Gasteiger partial charge in [-0.15, -0.1) is 0 Å². The van der Waals surface area contributed by atoms with E-state index in [0.29, 0.717) is 16.3 Å². The van der Waals surface area contributed by atoms with Crippen molar-refractivity contribution in [2.75, 3.05) is 12.3 Å². The number of hydrogen-bond acceptors (Lipinski definition) is 3. The molecule has 1 aromatic carbocycles. The molecular weight excluding hydrogens is 240 g/mol. The van der Waals surface area contributed by atoms with E-state index in [1.165, 1.54) is 6.07 Å². The molecule has 4 N–H and O–H groups in total. The number of nitrogens with two attached hydrogens (primary N) is 1. The van der Waals surface area contributed by atoms with Crippen LogP contribution in [0.2, 0.25) is 5.02 Å². The topological polar surface area (TPSA) is 75.4 Å². The quantitative estimate of drug-likeness (QED) is 0.717. The first-order valence-corrected chi connectivity index (χ1v) is 5.92. The summed E-state index contributed by atoms with van der Waals surface area (Å²) in [6.45, 7) is -0.0424. The monoisotopic (exact) mass is 254 g/mol. The molecule has 0 bridgehead atoms. The van der Waals surface area contributed by atoms with Crippen molar-refractivity contribution in [2.45, 2.75) is 24.8 Å². The third-order valence-corrected chi connectivity index (χ3v) is 3.49. The van der Waals surface area contributed by atoms with E-state index in [2.05, 4.69) is 5.32 Å². The van der Waals surface area contributed by atoms with Gasteiger partial charge in [0.05, 0.1) is 17.7 Å². The van der Waals surface area contributed by atoms with E-state index in [9.17, 15) is 9.90 Å². The summed E-state index contributed by atoms with van der Waals surface area (Å²) in [5, 5.41) is 12.6. The van der Waals surface area contributed by atoms with Gasteiger partial charge in [0.1, 0.15) is 0 Å². The zero-order valence-electron chi connectivity index (χ0n) is 9.37. The number of carbonyl (C=O) groups is 1. The molecule has 1 amide bonds. The molecule has 4 nitrogen and oxygen atoms in total. The number of rotatable bonds is 3. The van der Waals surface area contributed by atoms with Crippen molar-refractivity contribution >= 4 is 23.2 Å².